The van der Waals surface area contributed by atoms with E-state index in [-0.39, 0.29) is 18.7 Å². The number of ether oxygens (including phenoxy) is 1. The molecule has 1 aliphatic rings. The maximum absolute atomic E-state index is 11.5. The Morgan fingerprint density at radius 3 is 2.67 bits per heavy atom. The minimum absolute atomic E-state index is 0.0901. The summed E-state index contributed by atoms with van der Waals surface area (Å²) >= 11 is 0. The van der Waals surface area contributed by atoms with Crippen molar-refractivity contribution in [1.82, 2.24) is 5.32 Å². The fourth-order valence-corrected chi connectivity index (χ4v) is 2.00. The van der Waals surface area contributed by atoms with E-state index in [4.69, 9.17) is 15.6 Å². The van der Waals surface area contributed by atoms with Crippen molar-refractivity contribution < 1.29 is 19.4 Å². The lowest BCUT2D eigenvalue weighted by atomic mass is 10.1. The molecule has 0 saturated heterocycles. The Morgan fingerprint density at radius 2 is 2.06 bits per heavy atom. The van der Waals surface area contributed by atoms with Crippen LogP contribution in [0, 0.1) is 0 Å². The van der Waals surface area contributed by atoms with Gasteiger partial charge in [-0.15, -0.1) is 0 Å². The van der Waals surface area contributed by atoms with E-state index in [1.807, 2.05) is 0 Å². The fraction of sp³-hybridized carbons (Fsp3) is 0.833. The summed E-state index contributed by atoms with van der Waals surface area (Å²) in [7, 11) is 0. The highest BCUT2D eigenvalue weighted by Crippen LogP contribution is 2.20. The monoisotopic (exact) mass is 258 g/mol. The summed E-state index contributed by atoms with van der Waals surface area (Å²) in [5.41, 5.74) is 5.55. The van der Waals surface area contributed by atoms with Crippen molar-refractivity contribution in [3.63, 3.8) is 0 Å². The van der Waals surface area contributed by atoms with E-state index < -0.39 is 12.0 Å². The molecule has 1 saturated carbocycles. The van der Waals surface area contributed by atoms with Gasteiger partial charge >= 0.3 is 5.97 Å². The van der Waals surface area contributed by atoms with Crippen LogP contribution in [0.15, 0.2) is 0 Å². The second-order valence-corrected chi connectivity index (χ2v) is 4.61. The molecule has 0 spiro atoms. The lowest BCUT2D eigenvalue weighted by Crippen LogP contribution is -2.42. The zero-order chi connectivity index (χ0) is 13.4. The molecule has 104 valence electrons. The molecule has 1 fully saturated rings. The van der Waals surface area contributed by atoms with Crippen LogP contribution in [0.5, 0.6) is 0 Å². The summed E-state index contributed by atoms with van der Waals surface area (Å²) in [6, 6.07) is -0.757. The molecule has 0 heterocycles. The van der Waals surface area contributed by atoms with Gasteiger partial charge in [0.2, 0.25) is 5.91 Å². The van der Waals surface area contributed by atoms with Crippen molar-refractivity contribution in [1.29, 1.82) is 0 Å². The number of carbonyl (C=O) groups excluding carboxylic acids is 1. The summed E-state index contributed by atoms with van der Waals surface area (Å²) in [5, 5.41) is 11.1. The first-order chi connectivity index (χ1) is 8.59. The lowest BCUT2D eigenvalue weighted by Gasteiger charge is -2.13. The molecule has 1 rings (SSSR count). The fourth-order valence-electron chi connectivity index (χ4n) is 2.00. The molecule has 0 radical (unpaired) electrons. The Kier molecular flexibility index (Phi) is 6.67. The van der Waals surface area contributed by atoms with E-state index in [1.165, 1.54) is 12.8 Å². The topological polar surface area (TPSA) is 102 Å². The van der Waals surface area contributed by atoms with E-state index in [1.54, 1.807) is 0 Å². The van der Waals surface area contributed by atoms with Gasteiger partial charge in [-0.2, -0.15) is 0 Å². The van der Waals surface area contributed by atoms with Gasteiger partial charge < -0.3 is 20.9 Å². The Morgan fingerprint density at radius 1 is 1.39 bits per heavy atom. The molecule has 0 aromatic rings. The number of amides is 1. The van der Waals surface area contributed by atoms with Crippen LogP contribution in [0.2, 0.25) is 0 Å². The number of carboxylic acid groups (broad SMARTS) is 1. The van der Waals surface area contributed by atoms with Crippen molar-refractivity contribution in [3.05, 3.63) is 0 Å². The first-order valence-electron chi connectivity index (χ1n) is 6.46. The van der Waals surface area contributed by atoms with Crippen LogP contribution in [-0.4, -0.2) is 42.3 Å². The van der Waals surface area contributed by atoms with Gasteiger partial charge in [-0.1, -0.05) is 12.8 Å². The van der Waals surface area contributed by atoms with E-state index >= 15 is 0 Å². The third-order valence-electron chi connectivity index (χ3n) is 3.06. The highest BCUT2D eigenvalue weighted by molar-refractivity contribution is 5.82. The van der Waals surface area contributed by atoms with Crippen molar-refractivity contribution in [2.24, 2.45) is 5.73 Å². The van der Waals surface area contributed by atoms with Gasteiger partial charge in [-0.25, -0.2) is 0 Å². The van der Waals surface area contributed by atoms with Gasteiger partial charge in [0.25, 0.3) is 0 Å². The molecule has 18 heavy (non-hydrogen) atoms. The van der Waals surface area contributed by atoms with Crippen molar-refractivity contribution in [2.75, 3.05) is 13.2 Å². The molecular formula is C12H22N2O4. The van der Waals surface area contributed by atoms with Crippen LogP contribution in [-0.2, 0) is 14.3 Å². The van der Waals surface area contributed by atoms with Crippen LogP contribution in [0.4, 0.5) is 0 Å². The first-order valence-corrected chi connectivity index (χ1v) is 6.46. The van der Waals surface area contributed by atoms with Crippen LogP contribution < -0.4 is 11.1 Å². The number of rotatable bonds is 8. The normalized spacial score (nSPS) is 17.6. The number of aliphatic carboxylic acids is 1. The minimum atomic E-state index is -0.942. The Balaban J connectivity index is 2.02. The number of carbonyl (C=O) groups is 2. The lowest BCUT2D eigenvalue weighted by molar-refractivity contribution is -0.137. The SMILES string of the molecule is NC(CCC(=O)O)C(=O)NCCOC1CCCC1. The Bertz CT molecular complexity index is 277. The van der Waals surface area contributed by atoms with Gasteiger partial charge in [0.1, 0.15) is 0 Å². The van der Waals surface area contributed by atoms with Crippen molar-refractivity contribution >= 4 is 11.9 Å². The minimum Gasteiger partial charge on any atom is -0.481 e. The third kappa shape index (κ3) is 5.97. The van der Waals surface area contributed by atoms with Crippen molar-refractivity contribution in [3.8, 4) is 0 Å². The summed E-state index contributed by atoms with van der Waals surface area (Å²) < 4.78 is 5.58. The molecule has 0 aromatic carbocycles. The zero-order valence-corrected chi connectivity index (χ0v) is 10.6. The highest BCUT2D eigenvalue weighted by Gasteiger charge is 2.16. The number of hydrogen-bond acceptors (Lipinski definition) is 4. The highest BCUT2D eigenvalue weighted by atomic mass is 16.5. The van der Waals surface area contributed by atoms with E-state index in [9.17, 15) is 9.59 Å². The molecular weight excluding hydrogens is 236 g/mol. The second kappa shape index (κ2) is 8.05. The number of hydrogen-bond donors (Lipinski definition) is 3. The predicted molar refractivity (Wildman–Crippen MR) is 66.1 cm³/mol. The maximum atomic E-state index is 11.5. The summed E-state index contributed by atoms with van der Waals surface area (Å²) in [4.78, 5) is 21.8. The zero-order valence-electron chi connectivity index (χ0n) is 10.6. The van der Waals surface area contributed by atoms with Crippen LogP contribution >= 0.6 is 0 Å². The molecule has 0 bridgehead atoms. The van der Waals surface area contributed by atoms with Crippen LogP contribution in [0.3, 0.4) is 0 Å². The molecule has 6 heteroatoms. The quantitative estimate of drug-likeness (QED) is 0.542. The van der Waals surface area contributed by atoms with E-state index in [0.717, 1.165) is 12.8 Å². The van der Waals surface area contributed by atoms with Gasteiger partial charge in [-0.3, -0.25) is 9.59 Å². The summed E-state index contributed by atoms with van der Waals surface area (Å²) in [6.07, 6.45) is 5.05. The van der Waals surface area contributed by atoms with Gasteiger partial charge in [0.05, 0.1) is 18.8 Å². The third-order valence-corrected chi connectivity index (χ3v) is 3.06. The molecule has 4 N–H and O–H groups in total. The van der Waals surface area contributed by atoms with Gasteiger partial charge in [0, 0.05) is 13.0 Å². The predicted octanol–water partition coefficient (Wildman–Crippen LogP) is 0.254. The van der Waals surface area contributed by atoms with Gasteiger partial charge in [0.15, 0.2) is 0 Å². The maximum Gasteiger partial charge on any atom is 0.303 e. The largest absolute Gasteiger partial charge is 0.481 e. The molecule has 1 atom stereocenters. The number of nitrogens with one attached hydrogen (secondary N) is 1. The molecule has 0 aliphatic heterocycles. The average molecular weight is 258 g/mol. The second-order valence-electron chi connectivity index (χ2n) is 4.61. The van der Waals surface area contributed by atoms with Crippen molar-refractivity contribution in [2.45, 2.75) is 50.7 Å². The van der Waals surface area contributed by atoms with Gasteiger partial charge in [-0.05, 0) is 19.3 Å². The standard InChI is InChI=1S/C12H22N2O4/c13-10(5-6-11(15)16)12(17)14-7-8-18-9-3-1-2-4-9/h9-10H,1-8,13H2,(H,14,17)(H,15,16). The summed E-state index contributed by atoms with van der Waals surface area (Å²) in [6.45, 7) is 0.915. The Hall–Kier alpha value is -1.14. The smallest absolute Gasteiger partial charge is 0.303 e. The molecule has 1 unspecified atom stereocenters. The summed E-state index contributed by atoms with van der Waals surface area (Å²) in [5.74, 6) is -1.26. The molecule has 6 nitrogen and oxygen atoms in total. The first kappa shape index (κ1) is 14.9. The number of carboxylic acids is 1. The molecule has 0 aromatic heterocycles. The Labute approximate surface area is 107 Å². The van der Waals surface area contributed by atoms with E-state index in [2.05, 4.69) is 5.32 Å². The van der Waals surface area contributed by atoms with Crippen LogP contribution in [0.25, 0.3) is 0 Å². The van der Waals surface area contributed by atoms with Crippen LogP contribution in [0.1, 0.15) is 38.5 Å². The molecule has 1 aliphatic carbocycles. The molecule has 1 amide bonds. The average Bonchev–Trinajstić information content (AvgIpc) is 2.84. The van der Waals surface area contributed by atoms with E-state index in [0.29, 0.717) is 19.3 Å². The number of nitrogens with two attached hydrogens (primary N) is 1.